The average molecular weight is 208 g/mol. The minimum absolute atomic E-state index is 0.0862. The number of fused-ring (bicyclic) bond motifs is 1. The number of ketones is 2. The third-order valence-electron chi connectivity index (χ3n) is 4.84. The molecule has 0 heterocycles. The van der Waals surface area contributed by atoms with E-state index in [9.17, 15) is 14.7 Å². The number of carbonyl (C=O) groups excluding carboxylic acids is 2. The average Bonchev–Trinajstić information content (AvgIpc) is 2.72. The first kappa shape index (κ1) is 9.52. The van der Waals surface area contributed by atoms with Crippen molar-refractivity contribution in [3.63, 3.8) is 0 Å². The number of hydrogen-bond acceptors (Lipinski definition) is 3. The van der Waals surface area contributed by atoms with Gasteiger partial charge < -0.3 is 5.11 Å². The van der Waals surface area contributed by atoms with Gasteiger partial charge in [-0.25, -0.2) is 0 Å². The Morgan fingerprint density at radius 3 is 2.73 bits per heavy atom. The Balaban J connectivity index is 1.93. The highest BCUT2D eigenvalue weighted by atomic mass is 16.3. The van der Waals surface area contributed by atoms with Gasteiger partial charge in [0.05, 0.1) is 6.10 Å². The van der Waals surface area contributed by atoms with Crippen LogP contribution in [0.1, 0.15) is 26.7 Å². The van der Waals surface area contributed by atoms with E-state index in [2.05, 4.69) is 0 Å². The zero-order chi connectivity index (χ0) is 11.0. The van der Waals surface area contributed by atoms with E-state index in [1.54, 1.807) is 6.92 Å². The summed E-state index contributed by atoms with van der Waals surface area (Å²) in [5.74, 6) is 1.32. The smallest absolute Gasteiger partial charge is 0.143 e. The highest BCUT2D eigenvalue weighted by molar-refractivity contribution is 5.97. The molecule has 0 saturated heterocycles. The van der Waals surface area contributed by atoms with Gasteiger partial charge in [-0.2, -0.15) is 0 Å². The predicted octanol–water partition coefficient (Wildman–Crippen LogP) is 0.797. The van der Waals surface area contributed by atoms with Crippen molar-refractivity contribution in [2.75, 3.05) is 0 Å². The summed E-state index contributed by atoms with van der Waals surface area (Å²) in [7, 11) is 0. The van der Waals surface area contributed by atoms with E-state index in [0.717, 1.165) is 6.42 Å². The zero-order valence-electron chi connectivity index (χ0n) is 9.06. The number of hydrogen-bond donors (Lipinski definition) is 1. The molecule has 6 unspecified atom stereocenters. The second-order valence-corrected chi connectivity index (χ2v) is 5.75. The van der Waals surface area contributed by atoms with Crippen LogP contribution < -0.4 is 0 Å². The quantitative estimate of drug-likeness (QED) is 0.730. The van der Waals surface area contributed by atoms with E-state index in [4.69, 9.17) is 0 Å². The summed E-state index contributed by atoms with van der Waals surface area (Å²) in [6, 6.07) is 0. The van der Waals surface area contributed by atoms with Crippen molar-refractivity contribution in [3.8, 4) is 0 Å². The van der Waals surface area contributed by atoms with Crippen LogP contribution in [-0.4, -0.2) is 22.8 Å². The maximum atomic E-state index is 12.1. The third kappa shape index (κ3) is 0.949. The van der Waals surface area contributed by atoms with Crippen LogP contribution in [0.15, 0.2) is 0 Å². The fraction of sp³-hybridized carbons (Fsp3) is 0.833. The molecule has 0 spiro atoms. The molecule has 0 aromatic carbocycles. The van der Waals surface area contributed by atoms with Gasteiger partial charge in [-0.15, -0.1) is 0 Å². The van der Waals surface area contributed by atoms with E-state index in [1.165, 1.54) is 0 Å². The number of aliphatic hydroxyl groups is 1. The Kier molecular flexibility index (Phi) is 1.59. The van der Waals surface area contributed by atoms with Crippen LogP contribution in [0.5, 0.6) is 0 Å². The van der Waals surface area contributed by atoms with Gasteiger partial charge in [-0.1, -0.05) is 6.92 Å². The SMILES string of the molecule is CC(=O)CC1(C)C(=O)C2C3C(O)CC1C23. The molecule has 0 radical (unpaired) electrons. The first-order valence-electron chi connectivity index (χ1n) is 5.68. The van der Waals surface area contributed by atoms with E-state index in [-0.39, 0.29) is 35.4 Å². The summed E-state index contributed by atoms with van der Waals surface area (Å²) in [6.07, 6.45) is 0.798. The lowest BCUT2D eigenvalue weighted by Gasteiger charge is -2.29. The summed E-state index contributed by atoms with van der Waals surface area (Å²) < 4.78 is 0. The van der Waals surface area contributed by atoms with Crippen molar-refractivity contribution < 1.29 is 14.7 Å². The number of carbonyl (C=O) groups is 2. The molecule has 3 aliphatic carbocycles. The second kappa shape index (κ2) is 2.51. The van der Waals surface area contributed by atoms with Crippen molar-refractivity contribution in [2.24, 2.45) is 29.1 Å². The van der Waals surface area contributed by atoms with Crippen LogP contribution in [-0.2, 0) is 9.59 Å². The molecule has 3 nitrogen and oxygen atoms in total. The van der Waals surface area contributed by atoms with Crippen LogP contribution in [0.3, 0.4) is 0 Å². The number of rotatable bonds is 2. The van der Waals surface area contributed by atoms with Crippen molar-refractivity contribution >= 4 is 11.6 Å². The van der Waals surface area contributed by atoms with Gasteiger partial charge in [-0.3, -0.25) is 9.59 Å². The summed E-state index contributed by atoms with van der Waals surface area (Å²) in [4.78, 5) is 23.4. The molecule has 0 amide bonds. The molecule has 0 aromatic rings. The fourth-order valence-electron chi connectivity index (χ4n) is 4.28. The first-order chi connectivity index (χ1) is 6.97. The second-order valence-electron chi connectivity index (χ2n) is 5.75. The highest BCUT2D eigenvalue weighted by Gasteiger charge is 2.76. The Labute approximate surface area is 88.9 Å². The van der Waals surface area contributed by atoms with Crippen molar-refractivity contribution in [2.45, 2.75) is 32.8 Å². The maximum Gasteiger partial charge on any atom is 0.143 e. The minimum atomic E-state index is -0.463. The van der Waals surface area contributed by atoms with Crippen LogP contribution >= 0.6 is 0 Å². The van der Waals surface area contributed by atoms with Gasteiger partial charge in [0.15, 0.2) is 0 Å². The Morgan fingerprint density at radius 2 is 2.20 bits per heavy atom. The van der Waals surface area contributed by atoms with Crippen LogP contribution in [0, 0.1) is 29.1 Å². The molecule has 0 aromatic heterocycles. The normalized spacial score (nSPS) is 55.7. The van der Waals surface area contributed by atoms with E-state index in [1.807, 2.05) is 6.92 Å². The van der Waals surface area contributed by atoms with Gasteiger partial charge in [0.2, 0.25) is 0 Å². The van der Waals surface area contributed by atoms with Gasteiger partial charge >= 0.3 is 0 Å². The zero-order valence-corrected chi connectivity index (χ0v) is 9.06. The third-order valence-corrected chi connectivity index (χ3v) is 4.84. The molecule has 3 saturated carbocycles. The first-order valence-corrected chi connectivity index (χ1v) is 5.68. The summed E-state index contributed by atoms with van der Waals surface area (Å²) >= 11 is 0. The predicted molar refractivity (Wildman–Crippen MR) is 53.0 cm³/mol. The van der Waals surface area contributed by atoms with Gasteiger partial charge in [0.1, 0.15) is 11.6 Å². The van der Waals surface area contributed by atoms with E-state index in [0.29, 0.717) is 12.3 Å². The lowest BCUT2D eigenvalue weighted by Crippen LogP contribution is -2.33. The summed E-state index contributed by atoms with van der Waals surface area (Å²) in [6.45, 7) is 3.47. The van der Waals surface area contributed by atoms with Gasteiger partial charge in [-0.05, 0) is 31.1 Å². The minimum Gasteiger partial charge on any atom is -0.393 e. The van der Waals surface area contributed by atoms with Crippen LogP contribution in [0.4, 0.5) is 0 Å². The van der Waals surface area contributed by atoms with Crippen molar-refractivity contribution in [3.05, 3.63) is 0 Å². The topological polar surface area (TPSA) is 54.4 Å². The molecule has 15 heavy (non-hydrogen) atoms. The number of aliphatic hydroxyl groups excluding tert-OH is 1. The molecular weight excluding hydrogens is 192 g/mol. The molecule has 6 atom stereocenters. The van der Waals surface area contributed by atoms with E-state index >= 15 is 0 Å². The molecule has 3 aliphatic rings. The molecule has 0 aliphatic heterocycles. The molecule has 82 valence electrons. The monoisotopic (exact) mass is 208 g/mol. The lowest BCUT2D eigenvalue weighted by atomic mass is 9.73. The Morgan fingerprint density at radius 1 is 1.53 bits per heavy atom. The molecule has 3 rings (SSSR count). The lowest BCUT2D eigenvalue weighted by molar-refractivity contribution is -0.133. The Hall–Kier alpha value is -0.700. The maximum absolute atomic E-state index is 12.1. The summed E-state index contributed by atoms with van der Waals surface area (Å²) in [5.41, 5.74) is -0.463. The molecule has 0 bridgehead atoms. The summed E-state index contributed by atoms with van der Waals surface area (Å²) in [5, 5.41) is 9.77. The van der Waals surface area contributed by atoms with Crippen LogP contribution in [0.2, 0.25) is 0 Å². The fourth-order valence-corrected chi connectivity index (χ4v) is 4.28. The van der Waals surface area contributed by atoms with Gasteiger partial charge in [0, 0.05) is 17.8 Å². The van der Waals surface area contributed by atoms with Gasteiger partial charge in [0.25, 0.3) is 0 Å². The van der Waals surface area contributed by atoms with Crippen molar-refractivity contribution in [1.82, 2.24) is 0 Å². The molecule has 3 heteroatoms. The van der Waals surface area contributed by atoms with Crippen molar-refractivity contribution in [1.29, 1.82) is 0 Å². The largest absolute Gasteiger partial charge is 0.393 e. The standard InChI is InChI=1S/C12H16O3/c1-5(13)4-12(2)6-3-7(14)9-8(6)10(9)11(12)15/h6-10,14H,3-4H2,1-2H3. The Bertz CT molecular complexity index is 362. The molecule has 3 fully saturated rings. The molecule has 1 N–H and O–H groups in total. The van der Waals surface area contributed by atoms with E-state index < -0.39 is 5.41 Å². The highest BCUT2D eigenvalue weighted by Crippen LogP contribution is 2.72. The number of Topliss-reactive ketones (excluding diaryl/α,β-unsaturated/α-hetero) is 2. The molecular formula is C12H16O3. The van der Waals surface area contributed by atoms with Crippen LogP contribution in [0.25, 0.3) is 0 Å².